The number of aliphatic hydroxyl groups is 1. The minimum absolute atomic E-state index is 0.0364. The van der Waals surface area contributed by atoms with Crippen LogP contribution in [0.15, 0.2) is 23.3 Å². The summed E-state index contributed by atoms with van der Waals surface area (Å²) in [5.41, 5.74) is -0.990. The molecule has 5 nitrogen and oxygen atoms in total. The van der Waals surface area contributed by atoms with Crippen LogP contribution < -0.4 is 0 Å². The molecule has 3 N–H and O–H groups in total. The molecule has 0 aromatic heterocycles. The fraction of sp³-hybridized carbons (Fsp3) is 0.455. The van der Waals surface area contributed by atoms with Crippen LogP contribution in [0.5, 0.6) is 0 Å². The van der Waals surface area contributed by atoms with Crippen molar-refractivity contribution in [1.82, 2.24) is 0 Å². The van der Waals surface area contributed by atoms with Crippen molar-refractivity contribution in [2.45, 2.75) is 26.4 Å². The van der Waals surface area contributed by atoms with Gasteiger partial charge in [-0.25, -0.2) is 4.79 Å². The molecule has 0 amide bonds. The van der Waals surface area contributed by atoms with Crippen molar-refractivity contribution in [3.63, 3.8) is 0 Å². The Balaban J connectivity index is 3.22. The van der Waals surface area contributed by atoms with Crippen molar-refractivity contribution in [1.29, 1.82) is 0 Å². The van der Waals surface area contributed by atoms with Gasteiger partial charge in [-0.05, 0) is 25.8 Å². The highest BCUT2D eigenvalue weighted by molar-refractivity contribution is 5.90. The van der Waals surface area contributed by atoms with E-state index in [-0.39, 0.29) is 12.0 Å². The molecule has 0 aromatic rings. The highest BCUT2D eigenvalue weighted by Crippen LogP contribution is 2.39. The van der Waals surface area contributed by atoms with E-state index in [2.05, 4.69) is 0 Å². The molecule has 0 radical (unpaired) electrons. The summed E-state index contributed by atoms with van der Waals surface area (Å²) >= 11 is 0. The molecule has 2 unspecified atom stereocenters. The van der Waals surface area contributed by atoms with Gasteiger partial charge < -0.3 is 15.3 Å². The fourth-order valence-electron chi connectivity index (χ4n) is 1.86. The third-order valence-corrected chi connectivity index (χ3v) is 2.84. The number of aliphatic carboxylic acids is 2. The predicted molar refractivity (Wildman–Crippen MR) is 55.8 cm³/mol. The van der Waals surface area contributed by atoms with Gasteiger partial charge in [0.15, 0.2) is 0 Å². The molecule has 0 bridgehead atoms. The minimum atomic E-state index is -1.35. The first kappa shape index (κ1) is 12.4. The van der Waals surface area contributed by atoms with E-state index in [1.807, 2.05) is 0 Å². The van der Waals surface area contributed by atoms with Crippen LogP contribution in [-0.2, 0) is 9.59 Å². The van der Waals surface area contributed by atoms with Crippen molar-refractivity contribution in [3.8, 4) is 0 Å². The zero-order valence-corrected chi connectivity index (χ0v) is 9.10. The van der Waals surface area contributed by atoms with E-state index < -0.39 is 23.5 Å². The van der Waals surface area contributed by atoms with E-state index in [4.69, 9.17) is 10.2 Å². The van der Waals surface area contributed by atoms with E-state index in [0.29, 0.717) is 5.57 Å². The van der Waals surface area contributed by atoms with Gasteiger partial charge in [-0.3, -0.25) is 4.79 Å². The van der Waals surface area contributed by atoms with Crippen LogP contribution >= 0.6 is 0 Å². The van der Waals surface area contributed by atoms with Crippen molar-refractivity contribution < 1.29 is 24.9 Å². The third kappa shape index (κ3) is 1.99. The minimum Gasteiger partial charge on any atom is -0.481 e. The number of carboxylic acid groups (broad SMARTS) is 2. The van der Waals surface area contributed by atoms with Crippen molar-refractivity contribution >= 4 is 11.9 Å². The van der Waals surface area contributed by atoms with Crippen LogP contribution in [0.3, 0.4) is 0 Å². The summed E-state index contributed by atoms with van der Waals surface area (Å²) in [6, 6.07) is 0. The zero-order chi connectivity index (χ0) is 12.5. The molecule has 0 aromatic carbocycles. The largest absolute Gasteiger partial charge is 0.481 e. The smallest absolute Gasteiger partial charge is 0.331 e. The molecular weight excluding hydrogens is 212 g/mol. The first-order chi connectivity index (χ1) is 7.29. The molecule has 16 heavy (non-hydrogen) atoms. The monoisotopic (exact) mass is 226 g/mol. The average Bonchev–Trinajstić information content (AvgIpc) is 2.16. The summed E-state index contributed by atoms with van der Waals surface area (Å²) < 4.78 is 0. The SMILES string of the molecule is CC(O)C1=CC=C(C(=O)O)CC1(C)C(=O)O. The maximum Gasteiger partial charge on any atom is 0.331 e. The van der Waals surface area contributed by atoms with Gasteiger partial charge in [0.2, 0.25) is 0 Å². The Kier molecular flexibility index (Phi) is 3.19. The first-order valence-corrected chi connectivity index (χ1v) is 4.85. The molecule has 0 aliphatic heterocycles. The van der Waals surface area contributed by atoms with Gasteiger partial charge in [0.25, 0.3) is 0 Å². The summed E-state index contributed by atoms with van der Waals surface area (Å²) in [7, 11) is 0. The Morgan fingerprint density at radius 2 is 1.94 bits per heavy atom. The molecule has 5 heteroatoms. The van der Waals surface area contributed by atoms with Gasteiger partial charge in [0, 0.05) is 5.57 Å². The number of hydrogen-bond donors (Lipinski definition) is 3. The number of allylic oxidation sites excluding steroid dienone is 2. The van der Waals surface area contributed by atoms with Crippen LogP contribution in [0.1, 0.15) is 20.3 Å². The van der Waals surface area contributed by atoms with Crippen molar-refractivity contribution in [2.75, 3.05) is 0 Å². The Labute approximate surface area is 92.7 Å². The Hall–Kier alpha value is -1.62. The van der Waals surface area contributed by atoms with Crippen LogP contribution in [0, 0.1) is 5.41 Å². The van der Waals surface area contributed by atoms with E-state index in [9.17, 15) is 14.7 Å². The standard InChI is InChI=1S/C11H14O5/c1-6(12)8-4-3-7(9(13)14)5-11(8,2)10(15)16/h3-4,6,12H,5H2,1-2H3,(H,13,14)(H,15,16). The quantitative estimate of drug-likeness (QED) is 0.661. The van der Waals surface area contributed by atoms with Gasteiger partial charge in [-0.15, -0.1) is 0 Å². The Bertz CT molecular complexity index is 391. The third-order valence-electron chi connectivity index (χ3n) is 2.84. The lowest BCUT2D eigenvalue weighted by atomic mass is 9.72. The predicted octanol–water partition coefficient (Wildman–Crippen LogP) is 0.799. The Morgan fingerprint density at radius 3 is 2.31 bits per heavy atom. The molecule has 88 valence electrons. The van der Waals surface area contributed by atoms with Crippen molar-refractivity contribution in [3.05, 3.63) is 23.3 Å². The lowest BCUT2D eigenvalue weighted by molar-refractivity contribution is -0.146. The van der Waals surface area contributed by atoms with Crippen LogP contribution in [0.2, 0.25) is 0 Å². The zero-order valence-electron chi connectivity index (χ0n) is 9.10. The van der Waals surface area contributed by atoms with Crippen LogP contribution in [-0.4, -0.2) is 33.4 Å². The lowest BCUT2D eigenvalue weighted by Crippen LogP contribution is -2.37. The van der Waals surface area contributed by atoms with Crippen LogP contribution in [0.25, 0.3) is 0 Å². The summed E-state index contributed by atoms with van der Waals surface area (Å²) in [6.07, 6.45) is 1.70. The second-order valence-corrected chi connectivity index (χ2v) is 4.11. The number of rotatable bonds is 3. The fourth-order valence-corrected chi connectivity index (χ4v) is 1.86. The summed E-state index contributed by atoms with van der Waals surface area (Å²) in [5, 5.41) is 27.4. The van der Waals surface area contributed by atoms with Gasteiger partial charge >= 0.3 is 11.9 Å². The molecule has 1 aliphatic carbocycles. The maximum absolute atomic E-state index is 11.2. The highest BCUT2D eigenvalue weighted by Gasteiger charge is 2.42. The molecule has 2 atom stereocenters. The second-order valence-electron chi connectivity index (χ2n) is 4.11. The molecule has 0 spiro atoms. The average molecular weight is 226 g/mol. The Morgan fingerprint density at radius 1 is 1.38 bits per heavy atom. The first-order valence-electron chi connectivity index (χ1n) is 4.85. The topological polar surface area (TPSA) is 94.8 Å². The van der Waals surface area contributed by atoms with Gasteiger partial charge in [-0.2, -0.15) is 0 Å². The summed E-state index contributed by atoms with van der Waals surface area (Å²) in [4.78, 5) is 22.0. The molecule has 0 heterocycles. The molecule has 0 saturated carbocycles. The molecular formula is C11H14O5. The van der Waals surface area contributed by atoms with E-state index in [1.54, 1.807) is 0 Å². The van der Waals surface area contributed by atoms with Gasteiger partial charge in [-0.1, -0.05) is 12.2 Å². The number of aliphatic hydroxyl groups excluding tert-OH is 1. The number of hydrogen-bond acceptors (Lipinski definition) is 3. The lowest BCUT2D eigenvalue weighted by Gasteiger charge is -2.32. The van der Waals surface area contributed by atoms with Crippen molar-refractivity contribution in [2.24, 2.45) is 5.41 Å². The maximum atomic E-state index is 11.2. The summed E-state index contributed by atoms with van der Waals surface area (Å²) in [6.45, 7) is 2.89. The highest BCUT2D eigenvalue weighted by atomic mass is 16.4. The van der Waals surface area contributed by atoms with Crippen LogP contribution in [0.4, 0.5) is 0 Å². The number of carbonyl (C=O) groups is 2. The molecule has 0 fully saturated rings. The normalized spacial score (nSPS) is 26.7. The molecule has 0 saturated heterocycles. The van der Waals surface area contributed by atoms with E-state index >= 15 is 0 Å². The second kappa shape index (κ2) is 4.09. The van der Waals surface area contributed by atoms with E-state index in [1.165, 1.54) is 26.0 Å². The molecule has 1 rings (SSSR count). The van der Waals surface area contributed by atoms with Gasteiger partial charge in [0.05, 0.1) is 11.5 Å². The molecule has 1 aliphatic rings. The summed E-state index contributed by atoms with van der Waals surface area (Å²) in [5.74, 6) is -2.26. The van der Waals surface area contributed by atoms with E-state index in [0.717, 1.165) is 0 Å². The number of carboxylic acids is 2. The van der Waals surface area contributed by atoms with Gasteiger partial charge in [0.1, 0.15) is 0 Å².